The molecule has 28 heavy (non-hydrogen) atoms. The molecule has 1 aromatic heterocycles. The van der Waals surface area contributed by atoms with Crippen molar-refractivity contribution in [1.82, 2.24) is 10.3 Å². The highest BCUT2D eigenvalue weighted by Gasteiger charge is 2.11. The first-order chi connectivity index (χ1) is 13.6. The van der Waals surface area contributed by atoms with Gasteiger partial charge in [-0.1, -0.05) is 42.1 Å². The average molecular weight is 413 g/mol. The summed E-state index contributed by atoms with van der Waals surface area (Å²) in [5.41, 5.74) is 2.42. The third-order valence-electron chi connectivity index (χ3n) is 3.94. The van der Waals surface area contributed by atoms with Gasteiger partial charge in [0.25, 0.3) is 0 Å². The van der Waals surface area contributed by atoms with E-state index in [0.717, 1.165) is 21.3 Å². The van der Waals surface area contributed by atoms with Gasteiger partial charge in [-0.2, -0.15) is 0 Å². The summed E-state index contributed by atoms with van der Waals surface area (Å²) in [6.45, 7) is 0.502. The Morgan fingerprint density at radius 3 is 2.57 bits per heavy atom. The summed E-state index contributed by atoms with van der Waals surface area (Å²) < 4.78 is 5.88. The third kappa shape index (κ3) is 5.94. The van der Waals surface area contributed by atoms with Crippen molar-refractivity contribution in [1.29, 1.82) is 0 Å². The molecule has 2 aromatic carbocycles. The molecule has 7 heteroatoms. The quantitative estimate of drug-likeness (QED) is 0.425. The number of Topliss-reactive ketones (excluding diaryl/α,β-unsaturated/α-hetero) is 1. The molecule has 0 radical (unpaired) electrons. The predicted molar refractivity (Wildman–Crippen MR) is 112 cm³/mol. The van der Waals surface area contributed by atoms with Crippen molar-refractivity contribution in [2.24, 2.45) is 0 Å². The fourth-order valence-electron chi connectivity index (χ4n) is 2.45. The van der Waals surface area contributed by atoms with Crippen LogP contribution in [0.3, 0.4) is 0 Å². The van der Waals surface area contributed by atoms with E-state index in [9.17, 15) is 9.59 Å². The van der Waals surface area contributed by atoms with Crippen LogP contribution in [0.15, 0.2) is 64.3 Å². The Bertz CT molecular complexity index is 924. The number of thiazole rings is 1. The number of methoxy groups -OCH3 is 1. The van der Waals surface area contributed by atoms with Gasteiger partial charge >= 0.3 is 0 Å². The van der Waals surface area contributed by atoms with Crippen LogP contribution in [-0.4, -0.2) is 29.5 Å². The minimum absolute atomic E-state index is 0.0324. The average Bonchev–Trinajstić information content (AvgIpc) is 3.18. The summed E-state index contributed by atoms with van der Waals surface area (Å²) in [5.74, 6) is 0.990. The summed E-state index contributed by atoms with van der Waals surface area (Å²) in [6.07, 6.45) is 0.232. The van der Waals surface area contributed by atoms with Gasteiger partial charge in [0.2, 0.25) is 5.91 Å². The zero-order valence-corrected chi connectivity index (χ0v) is 17.0. The molecule has 0 aliphatic rings. The van der Waals surface area contributed by atoms with Gasteiger partial charge in [0.1, 0.15) is 5.75 Å². The Kier molecular flexibility index (Phi) is 7.22. The van der Waals surface area contributed by atoms with Gasteiger partial charge in [0, 0.05) is 17.5 Å². The molecule has 0 saturated heterocycles. The van der Waals surface area contributed by atoms with E-state index in [1.807, 2.05) is 35.7 Å². The van der Waals surface area contributed by atoms with Crippen LogP contribution >= 0.6 is 23.1 Å². The Labute approximate surface area is 172 Å². The van der Waals surface area contributed by atoms with Crippen LogP contribution in [0.25, 0.3) is 0 Å². The van der Waals surface area contributed by atoms with Crippen molar-refractivity contribution in [2.75, 3.05) is 12.9 Å². The zero-order chi connectivity index (χ0) is 19.8. The van der Waals surface area contributed by atoms with Gasteiger partial charge in [0.05, 0.1) is 25.0 Å². The molecule has 0 spiro atoms. The molecule has 144 valence electrons. The fraction of sp³-hybridized carbons (Fsp3) is 0.190. The Morgan fingerprint density at radius 1 is 1.11 bits per heavy atom. The number of amides is 1. The number of ether oxygens (including phenoxy) is 1. The lowest BCUT2D eigenvalue weighted by molar-refractivity contribution is -0.120. The molecule has 0 saturated carbocycles. The van der Waals surface area contributed by atoms with Gasteiger partial charge in [0.15, 0.2) is 10.1 Å². The number of nitrogens with zero attached hydrogens (tertiary/aromatic N) is 1. The Balaban J connectivity index is 1.45. The first kappa shape index (κ1) is 20.1. The van der Waals surface area contributed by atoms with Gasteiger partial charge in [-0.15, -0.1) is 11.3 Å². The van der Waals surface area contributed by atoms with Crippen LogP contribution < -0.4 is 10.1 Å². The maximum absolute atomic E-state index is 12.3. The number of hydrogen-bond donors (Lipinski definition) is 1. The van der Waals surface area contributed by atoms with Gasteiger partial charge in [-0.25, -0.2) is 4.98 Å². The van der Waals surface area contributed by atoms with E-state index in [1.54, 1.807) is 31.4 Å². The number of aromatic nitrogens is 1. The molecular weight excluding hydrogens is 392 g/mol. The third-order valence-corrected chi connectivity index (χ3v) is 6.01. The molecular formula is C21H20N2O3S2. The molecule has 0 atom stereocenters. The molecule has 0 aliphatic carbocycles. The fourth-order valence-corrected chi connectivity index (χ4v) is 4.19. The topological polar surface area (TPSA) is 68.3 Å². The summed E-state index contributed by atoms with van der Waals surface area (Å²) in [7, 11) is 1.59. The number of carbonyl (C=O) groups is 2. The monoisotopic (exact) mass is 412 g/mol. The van der Waals surface area contributed by atoms with Crippen molar-refractivity contribution in [3.8, 4) is 5.75 Å². The second kappa shape index (κ2) is 10.1. The lowest BCUT2D eigenvalue weighted by Gasteiger charge is -2.04. The number of benzene rings is 2. The number of rotatable bonds is 9. The highest BCUT2D eigenvalue weighted by molar-refractivity contribution is 8.01. The van der Waals surface area contributed by atoms with Crippen LogP contribution in [0.4, 0.5) is 0 Å². The number of carbonyl (C=O) groups excluding carboxylic acids is 2. The van der Waals surface area contributed by atoms with Crippen molar-refractivity contribution < 1.29 is 14.3 Å². The first-order valence-corrected chi connectivity index (χ1v) is 10.6. The SMILES string of the molecule is COc1ccc(C(=O)CSc2nc(CC(=O)NCc3ccccc3)cs2)cc1. The minimum atomic E-state index is -0.0694. The number of thioether (sulfide) groups is 1. The van der Waals surface area contributed by atoms with Gasteiger partial charge in [-0.3, -0.25) is 9.59 Å². The van der Waals surface area contributed by atoms with Crippen LogP contribution in [0, 0.1) is 0 Å². The largest absolute Gasteiger partial charge is 0.497 e. The summed E-state index contributed by atoms with van der Waals surface area (Å²) in [5, 5.41) is 4.76. The molecule has 0 unspecified atom stereocenters. The lowest BCUT2D eigenvalue weighted by Crippen LogP contribution is -2.24. The van der Waals surface area contributed by atoms with E-state index < -0.39 is 0 Å². The smallest absolute Gasteiger partial charge is 0.226 e. The van der Waals surface area contributed by atoms with Crippen molar-refractivity contribution in [3.05, 3.63) is 76.8 Å². The second-order valence-electron chi connectivity index (χ2n) is 5.98. The number of nitrogens with one attached hydrogen (secondary N) is 1. The molecule has 0 bridgehead atoms. The van der Waals surface area contributed by atoms with Crippen molar-refractivity contribution in [2.45, 2.75) is 17.3 Å². The van der Waals surface area contributed by atoms with E-state index in [2.05, 4.69) is 10.3 Å². The van der Waals surface area contributed by atoms with Crippen LogP contribution in [0.5, 0.6) is 5.75 Å². The Hall–Kier alpha value is -2.64. The van der Waals surface area contributed by atoms with E-state index in [1.165, 1.54) is 23.1 Å². The molecule has 3 rings (SSSR count). The zero-order valence-electron chi connectivity index (χ0n) is 15.4. The summed E-state index contributed by atoms with van der Waals surface area (Å²) >= 11 is 2.84. The molecule has 1 N–H and O–H groups in total. The molecule has 1 amide bonds. The van der Waals surface area contributed by atoms with Crippen molar-refractivity contribution in [3.63, 3.8) is 0 Å². The van der Waals surface area contributed by atoms with E-state index >= 15 is 0 Å². The molecule has 3 aromatic rings. The second-order valence-corrected chi connectivity index (χ2v) is 8.06. The molecule has 5 nitrogen and oxygen atoms in total. The molecule has 0 aliphatic heterocycles. The van der Waals surface area contributed by atoms with E-state index in [-0.39, 0.29) is 18.1 Å². The number of hydrogen-bond acceptors (Lipinski definition) is 6. The normalized spacial score (nSPS) is 10.5. The van der Waals surface area contributed by atoms with Gasteiger partial charge in [-0.05, 0) is 29.8 Å². The first-order valence-electron chi connectivity index (χ1n) is 8.69. The summed E-state index contributed by atoms with van der Waals surface area (Å²) in [4.78, 5) is 28.8. The van der Waals surface area contributed by atoms with E-state index in [4.69, 9.17) is 4.74 Å². The van der Waals surface area contributed by atoms with Gasteiger partial charge < -0.3 is 10.1 Å². The highest BCUT2D eigenvalue weighted by atomic mass is 32.2. The van der Waals surface area contributed by atoms with Crippen LogP contribution in [0.2, 0.25) is 0 Å². The lowest BCUT2D eigenvalue weighted by atomic mass is 10.1. The predicted octanol–water partition coefficient (Wildman–Crippen LogP) is 3.99. The summed E-state index contributed by atoms with van der Waals surface area (Å²) in [6, 6.07) is 16.8. The maximum Gasteiger partial charge on any atom is 0.226 e. The van der Waals surface area contributed by atoms with Crippen molar-refractivity contribution >= 4 is 34.8 Å². The Morgan fingerprint density at radius 2 is 1.86 bits per heavy atom. The molecule has 1 heterocycles. The van der Waals surface area contributed by atoms with E-state index in [0.29, 0.717) is 17.9 Å². The standard InChI is InChI=1S/C21H20N2O3S2/c1-26-18-9-7-16(8-10-18)19(24)14-28-21-23-17(13-27-21)11-20(25)22-12-15-5-3-2-4-6-15/h2-10,13H,11-12,14H2,1H3,(H,22,25). The number of ketones is 1. The highest BCUT2D eigenvalue weighted by Crippen LogP contribution is 2.24. The van der Waals surface area contributed by atoms with Crippen LogP contribution in [-0.2, 0) is 17.8 Å². The maximum atomic E-state index is 12.3. The minimum Gasteiger partial charge on any atom is -0.497 e. The van der Waals surface area contributed by atoms with Crippen LogP contribution in [0.1, 0.15) is 21.6 Å². The molecule has 0 fully saturated rings.